The Balaban J connectivity index is 1.96. The average molecular weight is 351 g/mol. The first-order valence-corrected chi connectivity index (χ1v) is 7.60. The molecule has 25 heavy (non-hydrogen) atoms. The van der Waals surface area contributed by atoms with Crippen LogP contribution in [0.2, 0.25) is 0 Å². The van der Waals surface area contributed by atoms with Gasteiger partial charge in [-0.3, -0.25) is 14.3 Å². The number of aromatic nitrogens is 4. The van der Waals surface area contributed by atoms with Crippen LogP contribution in [0.15, 0.2) is 22.0 Å². The van der Waals surface area contributed by atoms with Gasteiger partial charge in [-0.05, 0) is 16.8 Å². The van der Waals surface area contributed by atoms with Crippen molar-refractivity contribution in [2.45, 2.75) is 38.6 Å². The number of ether oxygens (including phenoxy) is 1. The molecular weight excluding hydrogens is 334 g/mol. The number of imidazole rings is 1. The van der Waals surface area contributed by atoms with E-state index in [2.05, 4.69) is 9.97 Å². The second kappa shape index (κ2) is 6.26. The van der Waals surface area contributed by atoms with Crippen molar-refractivity contribution in [1.29, 1.82) is 0 Å². The van der Waals surface area contributed by atoms with Crippen molar-refractivity contribution < 1.29 is 14.8 Å². The quantitative estimate of drug-likeness (QED) is 0.572. The molecule has 1 aliphatic rings. The van der Waals surface area contributed by atoms with Crippen LogP contribution in [0.25, 0.3) is 0 Å². The van der Waals surface area contributed by atoms with Crippen molar-refractivity contribution in [3.63, 3.8) is 0 Å². The van der Waals surface area contributed by atoms with Gasteiger partial charge in [0.25, 0.3) is 5.56 Å². The number of aryl methyl sites for hydroxylation is 2. The summed E-state index contributed by atoms with van der Waals surface area (Å²) in [6.45, 7) is 2.85. The number of aromatic amines is 1. The van der Waals surface area contributed by atoms with Crippen molar-refractivity contribution >= 4 is 5.82 Å². The lowest BCUT2D eigenvalue weighted by molar-refractivity contribution is -0.389. The Labute approximate surface area is 140 Å². The van der Waals surface area contributed by atoms with E-state index in [1.54, 1.807) is 18.4 Å². The molecule has 0 bridgehead atoms. The lowest BCUT2D eigenvalue weighted by Crippen LogP contribution is -2.33. The van der Waals surface area contributed by atoms with Crippen molar-refractivity contribution in [3.8, 4) is 0 Å². The van der Waals surface area contributed by atoms with Crippen LogP contribution in [-0.2, 0) is 4.74 Å². The van der Waals surface area contributed by atoms with Gasteiger partial charge in [-0.15, -0.1) is 0 Å². The number of hydrogen-bond acceptors (Lipinski definition) is 7. The number of aliphatic hydroxyl groups is 1. The first-order valence-electron chi connectivity index (χ1n) is 7.60. The van der Waals surface area contributed by atoms with E-state index in [4.69, 9.17) is 4.74 Å². The molecule has 2 N–H and O–H groups in total. The van der Waals surface area contributed by atoms with E-state index in [1.807, 2.05) is 0 Å². The molecule has 2 aromatic heterocycles. The first kappa shape index (κ1) is 17.0. The number of nitrogens with zero attached hydrogens (tertiary/aromatic N) is 4. The third-order valence-corrected chi connectivity index (χ3v) is 4.29. The minimum Gasteiger partial charge on any atom is -0.394 e. The van der Waals surface area contributed by atoms with E-state index < -0.39 is 34.5 Å². The predicted octanol–water partition coefficient (Wildman–Crippen LogP) is -0.221. The monoisotopic (exact) mass is 351 g/mol. The van der Waals surface area contributed by atoms with E-state index >= 15 is 0 Å². The highest BCUT2D eigenvalue weighted by molar-refractivity contribution is 5.18. The van der Waals surface area contributed by atoms with Crippen LogP contribution in [0.5, 0.6) is 0 Å². The number of aliphatic hydroxyl groups excluding tert-OH is 1. The molecule has 2 aromatic rings. The Morgan fingerprint density at radius 2 is 2.12 bits per heavy atom. The summed E-state index contributed by atoms with van der Waals surface area (Å²) in [5, 5.41) is 20.5. The molecule has 11 nitrogen and oxygen atoms in total. The minimum atomic E-state index is -0.717. The highest BCUT2D eigenvalue weighted by Gasteiger charge is 2.39. The zero-order chi connectivity index (χ0) is 18.3. The Morgan fingerprint density at radius 1 is 1.40 bits per heavy atom. The number of H-pyrrole nitrogens is 1. The summed E-state index contributed by atoms with van der Waals surface area (Å²) >= 11 is 0. The lowest BCUT2D eigenvalue weighted by atomic mass is 10.1. The van der Waals surface area contributed by atoms with Crippen LogP contribution in [0.4, 0.5) is 5.82 Å². The molecule has 3 heterocycles. The number of nitro groups is 1. The van der Waals surface area contributed by atoms with E-state index in [0.717, 1.165) is 0 Å². The summed E-state index contributed by atoms with van der Waals surface area (Å²) in [6, 6.07) is -0.435. The first-order chi connectivity index (χ1) is 11.8. The van der Waals surface area contributed by atoms with Crippen molar-refractivity contribution in [3.05, 3.63) is 54.7 Å². The summed E-state index contributed by atoms with van der Waals surface area (Å²) in [6.07, 6.45) is 1.58. The van der Waals surface area contributed by atoms with Gasteiger partial charge in [-0.25, -0.2) is 4.79 Å². The maximum absolute atomic E-state index is 12.0. The molecule has 0 aliphatic carbocycles. The molecule has 1 saturated heterocycles. The molecule has 0 amide bonds. The van der Waals surface area contributed by atoms with Gasteiger partial charge in [-0.2, -0.15) is 0 Å². The fourth-order valence-electron chi connectivity index (χ4n) is 3.04. The van der Waals surface area contributed by atoms with Gasteiger partial charge in [-0.1, -0.05) is 0 Å². The summed E-state index contributed by atoms with van der Waals surface area (Å²) < 4.78 is 8.56. The summed E-state index contributed by atoms with van der Waals surface area (Å²) in [5.41, 5.74) is -0.747. The Kier molecular flexibility index (Phi) is 4.27. The van der Waals surface area contributed by atoms with E-state index in [0.29, 0.717) is 11.4 Å². The predicted molar refractivity (Wildman–Crippen MR) is 84.3 cm³/mol. The van der Waals surface area contributed by atoms with Crippen LogP contribution in [0.1, 0.15) is 30.1 Å². The van der Waals surface area contributed by atoms with Gasteiger partial charge in [0.05, 0.1) is 12.6 Å². The maximum atomic E-state index is 12.0. The Bertz CT molecular complexity index is 929. The normalized spacial score (nSPS) is 23.1. The van der Waals surface area contributed by atoms with Crippen LogP contribution < -0.4 is 11.2 Å². The topological polar surface area (TPSA) is 145 Å². The van der Waals surface area contributed by atoms with E-state index in [1.165, 1.54) is 17.0 Å². The second-order valence-corrected chi connectivity index (χ2v) is 5.90. The Morgan fingerprint density at radius 3 is 2.72 bits per heavy atom. The molecule has 0 radical (unpaired) electrons. The fraction of sp³-hybridized carbons (Fsp3) is 0.500. The van der Waals surface area contributed by atoms with Gasteiger partial charge >= 0.3 is 11.5 Å². The smallest absolute Gasteiger partial charge is 0.381 e. The molecule has 0 spiro atoms. The molecule has 3 unspecified atom stereocenters. The van der Waals surface area contributed by atoms with Gasteiger partial charge in [0.2, 0.25) is 5.82 Å². The SMILES string of the molecule is Cc1cn(C2CC(n3cc([N+](=O)[O-])nc3C)C(CO)O2)c(=O)[nH]c1=O. The summed E-state index contributed by atoms with van der Waals surface area (Å²) in [7, 11) is 0. The summed E-state index contributed by atoms with van der Waals surface area (Å²) in [4.78, 5) is 39.9. The molecule has 0 saturated carbocycles. The average Bonchev–Trinajstić information content (AvgIpc) is 3.14. The molecule has 11 heteroatoms. The van der Waals surface area contributed by atoms with Gasteiger partial charge in [0.1, 0.15) is 18.5 Å². The third-order valence-electron chi connectivity index (χ3n) is 4.29. The van der Waals surface area contributed by atoms with Gasteiger partial charge in [0.15, 0.2) is 0 Å². The Hall–Kier alpha value is -2.79. The van der Waals surface area contributed by atoms with Gasteiger partial charge < -0.3 is 24.5 Å². The van der Waals surface area contributed by atoms with Crippen LogP contribution in [0.3, 0.4) is 0 Å². The zero-order valence-corrected chi connectivity index (χ0v) is 13.6. The fourth-order valence-corrected chi connectivity index (χ4v) is 3.04. The molecule has 1 fully saturated rings. The molecule has 3 atom stereocenters. The largest absolute Gasteiger partial charge is 0.394 e. The van der Waals surface area contributed by atoms with E-state index in [9.17, 15) is 24.8 Å². The maximum Gasteiger partial charge on any atom is 0.381 e. The van der Waals surface area contributed by atoms with Crippen LogP contribution >= 0.6 is 0 Å². The summed E-state index contributed by atoms with van der Waals surface area (Å²) in [5.74, 6) is 0.110. The number of rotatable bonds is 4. The standard InChI is InChI=1S/C14H17N5O6/c1-7-4-18(14(22)16-13(7)21)12-3-9(10(6-20)25-12)17-5-11(19(23)24)15-8(17)2/h4-5,9-10,12,20H,3,6H2,1-2H3,(H,16,21,22). The van der Waals surface area contributed by atoms with Crippen LogP contribution in [0, 0.1) is 24.0 Å². The molecule has 3 rings (SSSR count). The highest BCUT2D eigenvalue weighted by atomic mass is 16.6. The van der Waals surface area contributed by atoms with Gasteiger partial charge in [0, 0.05) is 25.1 Å². The van der Waals surface area contributed by atoms with Crippen molar-refractivity contribution in [1.82, 2.24) is 19.1 Å². The molecule has 134 valence electrons. The molecular formula is C14H17N5O6. The van der Waals surface area contributed by atoms with Crippen molar-refractivity contribution in [2.75, 3.05) is 6.61 Å². The lowest BCUT2D eigenvalue weighted by Gasteiger charge is -2.16. The van der Waals surface area contributed by atoms with Crippen LogP contribution in [-0.4, -0.2) is 41.8 Å². The minimum absolute atomic E-state index is 0.283. The third kappa shape index (κ3) is 2.98. The molecule has 0 aromatic carbocycles. The second-order valence-electron chi connectivity index (χ2n) is 5.90. The highest BCUT2D eigenvalue weighted by Crippen LogP contribution is 2.37. The molecule has 1 aliphatic heterocycles. The van der Waals surface area contributed by atoms with E-state index in [-0.39, 0.29) is 18.8 Å². The number of nitrogens with one attached hydrogen (secondary N) is 1. The van der Waals surface area contributed by atoms with Crippen molar-refractivity contribution in [2.24, 2.45) is 0 Å². The zero-order valence-electron chi connectivity index (χ0n) is 13.6. The number of hydrogen-bond donors (Lipinski definition) is 2.